The Morgan fingerprint density at radius 3 is 2.67 bits per heavy atom. The van der Waals surface area contributed by atoms with E-state index in [0.29, 0.717) is 6.42 Å². The lowest BCUT2D eigenvalue weighted by Gasteiger charge is -2.29. The van der Waals surface area contributed by atoms with Crippen LogP contribution in [0.25, 0.3) is 0 Å². The fourth-order valence-electron chi connectivity index (χ4n) is 4.38. The van der Waals surface area contributed by atoms with Crippen molar-refractivity contribution in [3.63, 3.8) is 0 Å². The van der Waals surface area contributed by atoms with Crippen LogP contribution in [-0.4, -0.2) is 32.7 Å². The molecule has 0 radical (unpaired) electrons. The van der Waals surface area contributed by atoms with Crippen LogP contribution in [0.4, 0.5) is 19.0 Å². The normalized spacial score (nSPS) is 17.8. The lowest BCUT2D eigenvalue weighted by atomic mass is 9.96. The van der Waals surface area contributed by atoms with Crippen molar-refractivity contribution in [3.05, 3.63) is 53.5 Å². The standard InChI is InChI=1S/C21H21F3N4O2/c22-21(23,24)16-7-3-6-14-15(16)12-28(20(14)30)17(10-13-4-1-2-5-13)19(29)27-18-11-25-8-9-26-18/h3,6-9,11,13,17H,1-2,4-5,10,12H2,(H,26,27,29). The molecule has 1 aliphatic heterocycles. The number of nitrogens with zero attached hydrogens (tertiary/aromatic N) is 3. The van der Waals surface area contributed by atoms with Gasteiger partial charge in [0.15, 0.2) is 5.82 Å². The lowest BCUT2D eigenvalue weighted by Crippen LogP contribution is -2.45. The molecule has 6 nitrogen and oxygen atoms in total. The van der Waals surface area contributed by atoms with E-state index < -0.39 is 29.6 Å². The number of hydrogen-bond donors (Lipinski definition) is 1. The van der Waals surface area contributed by atoms with Gasteiger partial charge in [-0.05, 0) is 30.0 Å². The van der Waals surface area contributed by atoms with Crippen molar-refractivity contribution in [2.75, 3.05) is 5.32 Å². The predicted octanol–water partition coefficient (Wildman–Crippen LogP) is 4.04. The molecule has 9 heteroatoms. The molecule has 4 rings (SSSR count). The topological polar surface area (TPSA) is 75.2 Å². The second kappa shape index (κ2) is 8.04. The van der Waals surface area contributed by atoms with Gasteiger partial charge in [0, 0.05) is 24.5 Å². The first-order valence-corrected chi connectivity index (χ1v) is 9.91. The first-order chi connectivity index (χ1) is 14.3. The monoisotopic (exact) mass is 418 g/mol. The van der Waals surface area contributed by atoms with Crippen LogP contribution >= 0.6 is 0 Å². The molecule has 2 aliphatic rings. The SMILES string of the molecule is O=C(Nc1cnccn1)C(CC1CCCC1)N1Cc2c(cccc2C(F)(F)F)C1=O. The quantitative estimate of drug-likeness (QED) is 0.795. The maximum atomic E-state index is 13.4. The fourth-order valence-corrected chi connectivity index (χ4v) is 4.38. The van der Waals surface area contributed by atoms with E-state index in [1.165, 1.54) is 35.6 Å². The predicted molar refractivity (Wildman–Crippen MR) is 102 cm³/mol. The number of carbonyl (C=O) groups excluding carboxylic acids is 2. The van der Waals surface area contributed by atoms with Crippen molar-refractivity contribution in [2.45, 2.75) is 50.9 Å². The zero-order valence-electron chi connectivity index (χ0n) is 16.2. The number of hydrogen-bond acceptors (Lipinski definition) is 4. The summed E-state index contributed by atoms with van der Waals surface area (Å²) >= 11 is 0. The van der Waals surface area contributed by atoms with Gasteiger partial charge in [0.05, 0.1) is 11.8 Å². The van der Waals surface area contributed by atoms with Crippen LogP contribution in [0.2, 0.25) is 0 Å². The maximum absolute atomic E-state index is 13.4. The average molecular weight is 418 g/mol. The van der Waals surface area contributed by atoms with E-state index >= 15 is 0 Å². The van der Waals surface area contributed by atoms with Crippen LogP contribution < -0.4 is 5.32 Å². The van der Waals surface area contributed by atoms with Crippen LogP contribution in [0.1, 0.15) is 53.6 Å². The van der Waals surface area contributed by atoms with Crippen molar-refractivity contribution >= 4 is 17.6 Å². The number of halogens is 3. The number of nitrogens with one attached hydrogen (secondary N) is 1. The molecular weight excluding hydrogens is 397 g/mol. The number of fused-ring (bicyclic) bond motifs is 1. The van der Waals surface area contributed by atoms with Crippen LogP contribution in [0.5, 0.6) is 0 Å². The number of alkyl halides is 3. The molecule has 0 spiro atoms. The maximum Gasteiger partial charge on any atom is 0.416 e. The summed E-state index contributed by atoms with van der Waals surface area (Å²) in [6.45, 7) is -0.241. The van der Waals surface area contributed by atoms with Gasteiger partial charge in [0.1, 0.15) is 6.04 Å². The van der Waals surface area contributed by atoms with Gasteiger partial charge in [-0.1, -0.05) is 31.7 Å². The first kappa shape index (κ1) is 20.3. The second-order valence-electron chi connectivity index (χ2n) is 7.74. The third-order valence-corrected chi connectivity index (χ3v) is 5.83. The Hall–Kier alpha value is -2.97. The Morgan fingerprint density at radius 2 is 2.00 bits per heavy atom. The van der Waals surface area contributed by atoms with Crippen molar-refractivity contribution < 1.29 is 22.8 Å². The first-order valence-electron chi connectivity index (χ1n) is 9.91. The molecule has 2 amide bonds. The average Bonchev–Trinajstić information content (AvgIpc) is 3.34. The van der Waals surface area contributed by atoms with Crippen LogP contribution in [-0.2, 0) is 17.5 Å². The summed E-state index contributed by atoms with van der Waals surface area (Å²) in [5, 5.41) is 2.66. The minimum absolute atomic E-state index is 0.00792. The number of carbonyl (C=O) groups is 2. The molecule has 1 fully saturated rings. The van der Waals surface area contributed by atoms with Crippen molar-refractivity contribution in [1.29, 1.82) is 0 Å². The minimum atomic E-state index is -4.57. The van der Waals surface area contributed by atoms with Gasteiger partial charge >= 0.3 is 6.18 Å². The van der Waals surface area contributed by atoms with Gasteiger partial charge in [-0.25, -0.2) is 4.98 Å². The minimum Gasteiger partial charge on any atom is -0.322 e. The van der Waals surface area contributed by atoms with Crippen molar-refractivity contribution in [3.8, 4) is 0 Å². The Bertz CT molecular complexity index is 943. The highest BCUT2D eigenvalue weighted by Crippen LogP contribution is 2.39. The third kappa shape index (κ3) is 4.01. The van der Waals surface area contributed by atoms with Crippen molar-refractivity contribution in [2.24, 2.45) is 5.92 Å². The molecule has 1 unspecified atom stereocenters. The lowest BCUT2D eigenvalue weighted by molar-refractivity contribution is -0.138. The van der Waals surface area contributed by atoms with Crippen LogP contribution in [0.3, 0.4) is 0 Å². The molecule has 1 aliphatic carbocycles. The van der Waals surface area contributed by atoms with E-state index in [4.69, 9.17) is 0 Å². The molecule has 1 aromatic heterocycles. The van der Waals surface area contributed by atoms with E-state index in [2.05, 4.69) is 15.3 Å². The Balaban J connectivity index is 1.63. The highest BCUT2D eigenvalue weighted by Gasteiger charge is 2.43. The summed E-state index contributed by atoms with van der Waals surface area (Å²) < 4.78 is 40.3. The Kier molecular flexibility index (Phi) is 5.44. The summed E-state index contributed by atoms with van der Waals surface area (Å²) in [5.74, 6) is -0.522. The summed E-state index contributed by atoms with van der Waals surface area (Å²) in [6, 6.07) is 2.71. The van der Waals surface area contributed by atoms with Gasteiger partial charge in [0.2, 0.25) is 5.91 Å². The summed E-state index contributed by atoms with van der Waals surface area (Å²) in [7, 11) is 0. The van der Waals surface area contributed by atoms with E-state index in [0.717, 1.165) is 31.7 Å². The van der Waals surface area contributed by atoms with E-state index in [9.17, 15) is 22.8 Å². The molecular formula is C21H21F3N4O2. The smallest absolute Gasteiger partial charge is 0.322 e. The molecule has 30 heavy (non-hydrogen) atoms. The Labute approximate surface area is 171 Å². The van der Waals surface area contributed by atoms with Gasteiger partial charge in [-0.3, -0.25) is 14.6 Å². The molecule has 1 N–H and O–H groups in total. The van der Waals surface area contributed by atoms with Gasteiger partial charge < -0.3 is 10.2 Å². The number of rotatable bonds is 5. The van der Waals surface area contributed by atoms with Crippen LogP contribution in [0, 0.1) is 5.92 Å². The number of aromatic nitrogens is 2. The molecule has 2 aromatic rings. The fraction of sp³-hybridized carbons (Fsp3) is 0.429. The zero-order chi connectivity index (χ0) is 21.3. The molecule has 158 valence electrons. The Morgan fingerprint density at radius 1 is 1.23 bits per heavy atom. The molecule has 1 saturated carbocycles. The molecule has 2 heterocycles. The van der Waals surface area contributed by atoms with E-state index in [1.54, 1.807) is 0 Å². The number of benzene rings is 1. The zero-order valence-corrected chi connectivity index (χ0v) is 16.2. The number of amides is 2. The molecule has 0 bridgehead atoms. The van der Waals surface area contributed by atoms with Gasteiger partial charge in [-0.15, -0.1) is 0 Å². The molecule has 1 atom stereocenters. The second-order valence-corrected chi connectivity index (χ2v) is 7.74. The van der Waals surface area contributed by atoms with E-state index in [-0.39, 0.29) is 29.4 Å². The molecule has 0 saturated heterocycles. The molecule has 1 aromatic carbocycles. The highest BCUT2D eigenvalue weighted by molar-refractivity contribution is 6.03. The summed E-state index contributed by atoms with van der Waals surface area (Å²) in [5.41, 5.74) is -0.892. The van der Waals surface area contributed by atoms with Crippen molar-refractivity contribution in [1.82, 2.24) is 14.9 Å². The largest absolute Gasteiger partial charge is 0.416 e. The van der Waals surface area contributed by atoms with E-state index in [1.807, 2.05) is 0 Å². The summed E-state index contributed by atoms with van der Waals surface area (Å²) in [6.07, 6.45) is 4.10. The number of anilines is 1. The highest BCUT2D eigenvalue weighted by atomic mass is 19.4. The van der Waals surface area contributed by atoms with Gasteiger partial charge in [-0.2, -0.15) is 13.2 Å². The third-order valence-electron chi connectivity index (χ3n) is 5.83. The van der Waals surface area contributed by atoms with Crippen LogP contribution in [0.15, 0.2) is 36.8 Å². The summed E-state index contributed by atoms with van der Waals surface area (Å²) in [4.78, 5) is 35.3. The van der Waals surface area contributed by atoms with Gasteiger partial charge in [0.25, 0.3) is 5.91 Å².